The quantitative estimate of drug-likeness (QED) is 0.881. The highest BCUT2D eigenvalue weighted by Crippen LogP contribution is 2.40. The zero-order valence-corrected chi connectivity index (χ0v) is 12.3. The van der Waals surface area contributed by atoms with Gasteiger partial charge < -0.3 is 15.2 Å². The molecule has 2 N–H and O–H groups in total. The standard InChI is InChI=1S/C15H18N2O2S/c1-18-14-11(3-2-4-12(14)16)13-9-17-15(20-13)10-5-7-19-8-6-10/h2-4,9-10H,5-8,16H2,1H3. The second-order valence-corrected chi connectivity index (χ2v) is 5.94. The SMILES string of the molecule is COc1c(N)cccc1-c1cnc(C2CCOCC2)s1. The van der Waals surface area contributed by atoms with E-state index in [9.17, 15) is 0 Å². The Labute approximate surface area is 122 Å². The fraction of sp³-hybridized carbons (Fsp3) is 0.400. The van der Waals surface area contributed by atoms with Crippen molar-refractivity contribution in [2.45, 2.75) is 18.8 Å². The monoisotopic (exact) mass is 290 g/mol. The smallest absolute Gasteiger partial charge is 0.150 e. The number of nitrogens with two attached hydrogens (primary N) is 1. The van der Waals surface area contributed by atoms with Crippen molar-refractivity contribution < 1.29 is 9.47 Å². The summed E-state index contributed by atoms with van der Waals surface area (Å²) in [5, 5.41) is 1.19. The lowest BCUT2D eigenvalue weighted by molar-refractivity contribution is 0.0853. The van der Waals surface area contributed by atoms with Gasteiger partial charge in [-0.15, -0.1) is 11.3 Å². The Bertz CT molecular complexity index is 591. The third-order valence-corrected chi connectivity index (χ3v) is 4.80. The number of para-hydroxylation sites is 1. The minimum atomic E-state index is 0.523. The highest BCUT2D eigenvalue weighted by Gasteiger charge is 2.20. The van der Waals surface area contributed by atoms with E-state index >= 15 is 0 Å². The molecule has 3 rings (SSSR count). The summed E-state index contributed by atoms with van der Waals surface area (Å²) in [6, 6.07) is 5.82. The van der Waals surface area contributed by atoms with Crippen molar-refractivity contribution >= 4 is 17.0 Å². The van der Waals surface area contributed by atoms with Gasteiger partial charge in [-0.2, -0.15) is 0 Å². The van der Waals surface area contributed by atoms with Crippen LogP contribution in [0.25, 0.3) is 10.4 Å². The second-order valence-electron chi connectivity index (χ2n) is 4.88. The van der Waals surface area contributed by atoms with Crippen molar-refractivity contribution in [2.24, 2.45) is 0 Å². The molecule has 0 atom stereocenters. The fourth-order valence-electron chi connectivity index (χ4n) is 2.52. The Balaban J connectivity index is 1.92. The Morgan fingerprint density at radius 1 is 1.35 bits per heavy atom. The molecule has 1 aliphatic rings. The lowest BCUT2D eigenvalue weighted by atomic mass is 10.0. The molecule has 0 radical (unpaired) electrons. The van der Waals surface area contributed by atoms with Crippen LogP contribution in [0.5, 0.6) is 5.75 Å². The second kappa shape index (κ2) is 5.81. The number of ether oxygens (including phenoxy) is 2. The first-order valence-corrected chi connectivity index (χ1v) is 7.57. The molecule has 2 heterocycles. The van der Waals surface area contributed by atoms with Crippen LogP contribution in [0.2, 0.25) is 0 Å². The van der Waals surface area contributed by atoms with E-state index in [0.717, 1.165) is 42.2 Å². The number of hydrogen-bond donors (Lipinski definition) is 1. The maximum Gasteiger partial charge on any atom is 0.150 e. The van der Waals surface area contributed by atoms with Crippen LogP contribution in [0.4, 0.5) is 5.69 Å². The van der Waals surface area contributed by atoms with Crippen molar-refractivity contribution in [2.75, 3.05) is 26.1 Å². The van der Waals surface area contributed by atoms with E-state index in [2.05, 4.69) is 4.98 Å². The molecule has 1 fully saturated rings. The number of aromatic nitrogens is 1. The zero-order valence-electron chi connectivity index (χ0n) is 11.5. The Morgan fingerprint density at radius 2 is 2.15 bits per heavy atom. The molecule has 0 amide bonds. The van der Waals surface area contributed by atoms with E-state index in [4.69, 9.17) is 15.2 Å². The van der Waals surface area contributed by atoms with Gasteiger partial charge in [-0.3, -0.25) is 0 Å². The van der Waals surface area contributed by atoms with Gasteiger partial charge in [-0.05, 0) is 25.0 Å². The van der Waals surface area contributed by atoms with Gasteiger partial charge in [0, 0.05) is 30.9 Å². The van der Waals surface area contributed by atoms with Crippen molar-refractivity contribution in [3.05, 3.63) is 29.4 Å². The highest BCUT2D eigenvalue weighted by atomic mass is 32.1. The molecule has 0 bridgehead atoms. The molecule has 0 aliphatic carbocycles. The van der Waals surface area contributed by atoms with E-state index in [1.165, 1.54) is 5.01 Å². The van der Waals surface area contributed by atoms with Gasteiger partial charge in [-0.25, -0.2) is 4.98 Å². The maximum absolute atomic E-state index is 5.96. The predicted octanol–water partition coefficient (Wildman–Crippen LogP) is 3.29. The van der Waals surface area contributed by atoms with Crippen molar-refractivity contribution in [1.29, 1.82) is 0 Å². The van der Waals surface area contributed by atoms with E-state index < -0.39 is 0 Å². The van der Waals surface area contributed by atoms with E-state index in [1.807, 2.05) is 24.4 Å². The maximum atomic E-state index is 5.96. The molecule has 1 aromatic heterocycles. The summed E-state index contributed by atoms with van der Waals surface area (Å²) in [5.74, 6) is 1.25. The zero-order chi connectivity index (χ0) is 13.9. The van der Waals surface area contributed by atoms with Crippen molar-refractivity contribution in [3.8, 4) is 16.2 Å². The number of nitrogen functional groups attached to an aromatic ring is 1. The van der Waals surface area contributed by atoms with E-state index in [0.29, 0.717) is 11.6 Å². The summed E-state index contributed by atoms with van der Waals surface area (Å²) in [6.07, 6.45) is 4.04. The Morgan fingerprint density at radius 3 is 2.90 bits per heavy atom. The number of rotatable bonds is 3. The molecule has 20 heavy (non-hydrogen) atoms. The minimum Gasteiger partial charge on any atom is -0.494 e. The molecule has 4 nitrogen and oxygen atoms in total. The fourth-order valence-corrected chi connectivity index (χ4v) is 3.63. The molecule has 2 aromatic rings. The van der Waals surface area contributed by atoms with Crippen LogP contribution in [-0.4, -0.2) is 25.3 Å². The van der Waals surface area contributed by atoms with E-state index in [-0.39, 0.29) is 0 Å². The highest BCUT2D eigenvalue weighted by molar-refractivity contribution is 7.15. The largest absolute Gasteiger partial charge is 0.494 e. The third-order valence-electron chi connectivity index (χ3n) is 3.61. The molecule has 0 spiro atoms. The van der Waals surface area contributed by atoms with Crippen LogP contribution < -0.4 is 10.5 Å². The molecule has 1 aromatic carbocycles. The number of benzene rings is 1. The van der Waals surface area contributed by atoms with Gasteiger partial charge in [0.25, 0.3) is 0 Å². The molecule has 0 unspecified atom stereocenters. The summed E-state index contributed by atoms with van der Waals surface area (Å²) in [5.41, 5.74) is 7.64. The van der Waals surface area contributed by atoms with Gasteiger partial charge in [0.15, 0.2) is 0 Å². The molecular weight excluding hydrogens is 272 g/mol. The summed E-state index contributed by atoms with van der Waals surface area (Å²) in [7, 11) is 1.65. The summed E-state index contributed by atoms with van der Waals surface area (Å²) < 4.78 is 10.8. The molecule has 5 heteroatoms. The Kier molecular flexibility index (Phi) is 3.89. The van der Waals surface area contributed by atoms with Crippen LogP contribution >= 0.6 is 11.3 Å². The van der Waals surface area contributed by atoms with Gasteiger partial charge >= 0.3 is 0 Å². The summed E-state index contributed by atoms with van der Waals surface area (Å²) in [4.78, 5) is 5.69. The minimum absolute atomic E-state index is 0.523. The first-order valence-electron chi connectivity index (χ1n) is 6.76. The van der Waals surface area contributed by atoms with Gasteiger partial charge in [0.1, 0.15) is 5.75 Å². The molecule has 1 saturated heterocycles. The average Bonchev–Trinajstić information content (AvgIpc) is 2.97. The predicted molar refractivity (Wildman–Crippen MR) is 81.3 cm³/mol. The van der Waals surface area contributed by atoms with Crippen LogP contribution in [-0.2, 0) is 4.74 Å². The normalized spacial score (nSPS) is 16.2. The number of nitrogens with zero attached hydrogens (tertiary/aromatic N) is 1. The van der Waals surface area contributed by atoms with Gasteiger partial charge in [0.2, 0.25) is 0 Å². The van der Waals surface area contributed by atoms with Crippen LogP contribution in [0.3, 0.4) is 0 Å². The van der Waals surface area contributed by atoms with Crippen LogP contribution in [0.1, 0.15) is 23.8 Å². The summed E-state index contributed by atoms with van der Waals surface area (Å²) in [6.45, 7) is 1.67. The number of thiazole rings is 1. The lowest BCUT2D eigenvalue weighted by Crippen LogP contribution is -2.13. The topological polar surface area (TPSA) is 57.4 Å². The number of hydrogen-bond acceptors (Lipinski definition) is 5. The van der Waals surface area contributed by atoms with Crippen molar-refractivity contribution in [1.82, 2.24) is 4.98 Å². The van der Waals surface area contributed by atoms with Crippen LogP contribution in [0.15, 0.2) is 24.4 Å². The van der Waals surface area contributed by atoms with E-state index in [1.54, 1.807) is 18.4 Å². The number of anilines is 1. The molecule has 1 aliphatic heterocycles. The summed E-state index contributed by atoms with van der Waals surface area (Å²) >= 11 is 1.73. The van der Waals surface area contributed by atoms with Gasteiger partial charge in [0.05, 0.1) is 22.7 Å². The number of methoxy groups -OCH3 is 1. The first kappa shape index (κ1) is 13.4. The van der Waals surface area contributed by atoms with Crippen molar-refractivity contribution in [3.63, 3.8) is 0 Å². The molecular formula is C15H18N2O2S. The molecule has 0 saturated carbocycles. The third kappa shape index (κ3) is 2.51. The van der Waals surface area contributed by atoms with Crippen LogP contribution in [0, 0.1) is 0 Å². The lowest BCUT2D eigenvalue weighted by Gasteiger charge is -2.19. The first-order chi connectivity index (χ1) is 9.79. The Hall–Kier alpha value is -1.59. The van der Waals surface area contributed by atoms with Gasteiger partial charge in [-0.1, -0.05) is 6.07 Å². The molecule has 106 valence electrons. The average molecular weight is 290 g/mol.